The Morgan fingerprint density at radius 1 is 1.30 bits per heavy atom. The van der Waals surface area contributed by atoms with Crippen molar-refractivity contribution in [2.75, 3.05) is 0 Å². The van der Waals surface area contributed by atoms with Crippen LogP contribution in [0.25, 0.3) is 0 Å². The molecule has 0 saturated carbocycles. The van der Waals surface area contributed by atoms with E-state index in [1.807, 2.05) is 43.3 Å². The summed E-state index contributed by atoms with van der Waals surface area (Å²) < 4.78 is 0. The first kappa shape index (κ1) is 14.2. The van der Waals surface area contributed by atoms with Crippen molar-refractivity contribution in [1.82, 2.24) is 10.3 Å². The van der Waals surface area contributed by atoms with Gasteiger partial charge in [0, 0.05) is 31.4 Å². The minimum Gasteiger partial charge on any atom is -0.352 e. The number of hydrogen-bond acceptors (Lipinski definition) is 3. The van der Waals surface area contributed by atoms with Crippen molar-refractivity contribution in [2.45, 2.75) is 25.9 Å². The van der Waals surface area contributed by atoms with Crippen LogP contribution in [0, 0.1) is 6.92 Å². The van der Waals surface area contributed by atoms with Crippen LogP contribution in [0.15, 0.2) is 48.8 Å². The predicted molar refractivity (Wildman–Crippen MR) is 78.8 cm³/mol. The molecule has 1 aromatic heterocycles. The monoisotopic (exact) mass is 269 g/mol. The largest absolute Gasteiger partial charge is 0.352 e. The summed E-state index contributed by atoms with van der Waals surface area (Å²) in [5.74, 6) is -0.0513. The van der Waals surface area contributed by atoms with Crippen LogP contribution in [0.2, 0.25) is 0 Å². The molecule has 2 rings (SSSR count). The van der Waals surface area contributed by atoms with Gasteiger partial charge in [0.15, 0.2) is 0 Å². The zero-order valence-electron chi connectivity index (χ0n) is 11.5. The quantitative estimate of drug-likeness (QED) is 0.873. The van der Waals surface area contributed by atoms with Gasteiger partial charge < -0.3 is 11.1 Å². The fourth-order valence-corrected chi connectivity index (χ4v) is 2.09. The summed E-state index contributed by atoms with van der Waals surface area (Å²) in [6.07, 6.45) is 3.73. The van der Waals surface area contributed by atoms with Gasteiger partial charge in [-0.1, -0.05) is 30.3 Å². The average molecular weight is 269 g/mol. The lowest BCUT2D eigenvalue weighted by Crippen LogP contribution is -2.27. The molecule has 4 heteroatoms. The lowest BCUT2D eigenvalue weighted by atomic mass is 9.99. The van der Waals surface area contributed by atoms with Gasteiger partial charge in [0.25, 0.3) is 0 Å². The number of carbonyl (C=O) groups excluding carboxylic acids is 1. The topological polar surface area (TPSA) is 68.0 Å². The van der Waals surface area contributed by atoms with Gasteiger partial charge in [-0.15, -0.1) is 0 Å². The lowest BCUT2D eigenvalue weighted by Gasteiger charge is -2.14. The molecule has 3 N–H and O–H groups in total. The van der Waals surface area contributed by atoms with E-state index < -0.39 is 0 Å². The van der Waals surface area contributed by atoms with Crippen LogP contribution in [0.3, 0.4) is 0 Å². The molecule has 104 valence electrons. The number of carbonyl (C=O) groups is 1. The third-order valence-electron chi connectivity index (χ3n) is 3.21. The third kappa shape index (κ3) is 3.90. The fourth-order valence-electron chi connectivity index (χ4n) is 2.09. The highest BCUT2D eigenvalue weighted by molar-refractivity contribution is 5.76. The van der Waals surface area contributed by atoms with Crippen LogP contribution >= 0.6 is 0 Å². The van der Waals surface area contributed by atoms with Gasteiger partial charge in [0.2, 0.25) is 5.91 Å². The van der Waals surface area contributed by atoms with Crippen molar-refractivity contribution < 1.29 is 4.79 Å². The van der Waals surface area contributed by atoms with Crippen molar-refractivity contribution in [1.29, 1.82) is 0 Å². The number of pyridine rings is 1. The van der Waals surface area contributed by atoms with Gasteiger partial charge in [-0.05, 0) is 29.7 Å². The minimum absolute atomic E-state index is 0.0513. The Bertz CT molecular complexity index is 569. The number of rotatable bonds is 5. The second-order valence-corrected chi connectivity index (χ2v) is 4.81. The van der Waals surface area contributed by atoms with Crippen LogP contribution < -0.4 is 11.1 Å². The van der Waals surface area contributed by atoms with E-state index >= 15 is 0 Å². The van der Waals surface area contributed by atoms with E-state index in [0.29, 0.717) is 6.54 Å². The summed E-state index contributed by atoms with van der Waals surface area (Å²) in [5, 5.41) is 2.86. The van der Waals surface area contributed by atoms with E-state index in [1.54, 1.807) is 12.4 Å². The normalized spacial score (nSPS) is 11.9. The molecule has 0 aliphatic carbocycles. The van der Waals surface area contributed by atoms with Crippen molar-refractivity contribution in [3.63, 3.8) is 0 Å². The van der Waals surface area contributed by atoms with Crippen LogP contribution in [0.1, 0.15) is 29.2 Å². The zero-order chi connectivity index (χ0) is 14.4. The zero-order valence-corrected chi connectivity index (χ0v) is 11.5. The second kappa shape index (κ2) is 6.82. The molecule has 0 bridgehead atoms. The molecule has 20 heavy (non-hydrogen) atoms. The van der Waals surface area contributed by atoms with Gasteiger partial charge in [0.1, 0.15) is 0 Å². The number of nitrogens with zero attached hydrogens (tertiary/aromatic N) is 1. The first-order valence-electron chi connectivity index (χ1n) is 6.63. The molecule has 0 fully saturated rings. The summed E-state index contributed by atoms with van der Waals surface area (Å²) in [5.41, 5.74) is 9.20. The highest BCUT2D eigenvalue weighted by Gasteiger charge is 2.13. The standard InChI is InChI=1S/C16H19N3O/c1-12-5-2-3-7-14(12)15(17)9-16(20)19-11-13-6-4-8-18-10-13/h2-8,10,15H,9,11,17H2,1H3,(H,19,20)/t15-/m0/s1. The third-order valence-corrected chi connectivity index (χ3v) is 3.21. The van der Waals surface area contributed by atoms with Crippen LogP contribution in [0.4, 0.5) is 0 Å². The molecular weight excluding hydrogens is 250 g/mol. The number of benzene rings is 1. The number of amides is 1. The van der Waals surface area contributed by atoms with E-state index in [9.17, 15) is 4.79 Å². The molecular formula is C16H19N3O. The Balaban J connectivity index is 1.87. The summed E-state index contributed by atoms with van der Waals surface area (Å²) in [6.45, 7) is 2.48. The van der Waals surface area contributed by atoms with Crippen LogP contribution in [-0.2, 0) is 11.3 Å². The van der Waals surface area contributed by atoms with Gasteiger partial charge in [-0.25, -0.2) is 0 Å². The van der Waals surface area contributed by atoms with Gasteiger partial charge in [0.05, 0.1) is 0 Å². The number of hydrogen-bond donors (Lipinski definition) is 2. The molecule has 0 spiro atoms. The number of aryl methyl sites for hydroxylation is 1. The van der Waals surface area contributed by atoms with Crippen molar-refractivity contribution in [3.8, 4) is 0 Å². The number of nitrogens with two attached hydrogens (primary N) is 1. The van der Waals surface area contributed by atoms with E-state index in [4.69, 9.17) is 5.73 Å². The SMILES string of the molecule is Cc1ccccc1[C@@H](N)CC(=O)NCc1cccnc1. The molecule has 0 aliphatic heterocycles. The Morgan fingerprint density at radius 2 is 2.10 bits per heavy atom. The molecule has 1 heterocycles. The summed E-state index contributed by atoms with van der Waals surface area (Å²) >= 11 is 0. The number of nitrogens with one attached hydrogen (secondary N) is 1. The molecule has 0 saturated heterocycles. The van der Waals surface area contributed by atoms with E-state index in [2.05, 4.69) is 10.3 Å². The van der Waals surface area contributed by atoms with Crippen molar-refractivity contribution in [2.24, 2.45) is 5.73 Å². The predicted octanol–water partition coefficient (Wildman–Crippen LogP) is 2.10. The first-order valence-corrected chi connectivity index (χ1v) is 6.63. The summed E-state index contributed by atoms with van der Waals surface area (Å²) in [6, 6.07) is 11.4. The molecule has 1 amide bonds. The maximum Gasteiger partial charge on any atom is 0.222 e. The summed E-state index contributed by atoms with van der Waals surface area (Å²) in [4.78, 5) is 15.9. The molecule has 0 radical (unpaired) electrons. The highest BCUT2D eigenvalue weighted by Crippen LogP contribution is 2.17. The van der Waals surface area contributed by atoms with Gasteiger partial charge in [-0.3, -0.25) is 9.78 Å². The summed E-state index contributed by atoms with van der Waals surface area (Å²) in [7, 11) is 0. The average Bonchev–Trinajstić information content (AvgIpc) is 2.46. The first-order chi connectivity index (χ1) is 9.66. The Labute approximate surface area is 119 Å². The second-order valence-electron chi connectivity index (χ2n) is 4.81. The van der Waals surface area contributed by atoms with E-state index in [-0.39, 0.29) is 18.4 Å². The Morgan fingerprint density at radius 3 is 2.80 bits per heavy atom. The van der Waals surface area contributed by atoms with E-state index in [1.165, 1.54) is 0 Å². The van der Waals surface area contributed by atoms with Crippen molar-refractivity contribution in [3.05, 3.63) is 65.5 Å². The fraction of sp³-hybridized carbons (Fsp3) is 0.250. The Hall–Kier alpha value is -2.20. The van der Waals surface area contributed by atoms with E-state index in [0.717, 1.165) is 16.7 Å². The molecule has 0 aliphatic rings. The van der Waals surface area contributed by atoms with Crippen molar-refractivity contribution >= 4 is 5.91 Å². The molecule has 0 unspecified atom stereocenters. The molecule has 2 aromatic rings. The molecule has 1 atom stereocenters. The lowest BCUT2D eigenvalue weighted by molar-refractivity contribution is -0.121. The minimum atomic E-state index is -0.273. The maximum absolute atomic E-state index is 11.9. The van der Waals surface area contributed by atoms with Gasteiger partial charge >= 0.3 is 0 Å². The van der Waals surface area contributed by atoms with Crippen LogP contribution in [-0.4, -0.2) is 10.9 Å². The Kier molecular flexibility index (Phi) is 4.85. The maximum atomic E-state index is 11.9. The highest BCUT2D eigenvalue weighted by atomic mass is 16.1. The smallest absolute Gasteiger partial charge is 0.222 e. The molecule has 1 aromatic carbocycles. The number of aromatic nitrogens is 1. The van der Waals surface area contributed by atoms with Crippen LogP contribution in [0.5, 0.6) is 0 Å². The van der Waals surface area contributed by atoms with Gasteiger partial charge in [-0.2, -0.15) is 0 Å². The molecule has 4 nitrogen and oxygen atoms in total.